The Morgan fingerprint density at radius 1 is 1.26 bits per heavy atom. The zero-order chi connectivity index (χ0) is 14.3. The van der Waals surface area contributed by atoms with E-state index in [-0.39, 0.29) is 18.4 Å². The van der Waals surface area contributed by atoms with E-state index in [0.29, 0.717) is 19.6 Å². The van der Waals surface area contributed by atoms with Crippen molar-refractivity contribution in [1.82, 2.24) is 4.90 Å². The van der Waals surface area contributed by atoms with Gasteiger partial charge in [0, 0.05) is 6.54 Å². The first-order valence-electron chi connectivity index (χ1n) is 6.55. The van der Waals surface area contributed by atoms with Crippen LogP contribution in [0.15, 0.2) is 24.3 Å². The summed E-state index contributed by atoms with van der Waals surface area (Å²) >= 11 is 0. The summed E-state index contributed by atoms with van der Waals surface area (Å²) in [6.45, 7) is 6.46. The molecule has 0 radical (unpaired) electrons. The number of likely N-dealkylation sites (N-methyl/N-ethyl adjacent to an activating group) is 1. The van der Waals surface area contributed by atoms with Gasteiger partial charge in [-0.3, -0.25) is 9.59 Å². The molecule has 0 unspecified atom stereocenters. The lowest BCUT2D eigenvalue weighted by Crippen LogP contribution is -2.37. The number of rotatable bonds is 6. The average Bonchev–Trinajstić information content (AvgIpc) is 2.36. The fourth-order valence-electron chi connectivity index (χ4n) is 1.85. The van der Waals surface area contributed by atoms with Crippen molar-refractivity contribution in [3.05, 3.63) is 35.4 Å². The van der Waals surface area contributed by atoms with Crippen LogP contribution in [0.4, 0.5) is 0 Å². The Bertz CT molecular complexity index is 443. The molecule has 0 bridgehead atoms. The molecule has 19 heavy (non-hydrogen) atoms. The maximum atomic E-state index is 12.1. The molecular weight excluding hydrogens is 242 g/mol. The lowest BCUT2D eigenvalue weighted by atomic mass is 10.1. The van der Waals surface area contributed by atoms with Gasteiger partial charge in [0.05, 0.1) is 13.0 Å². The minimum Gasteiger partial charge on any atom is -0.465 e. The highest BCUT2D eigenvalue weighted by Crippen LogP contribution is 2.06. The van der Waals surface area contributed by atoms with Crippen molar-refractivity contribution < 1.29 is 14.3 Å². The van der Waals surface area contributed by atoms with E-state index in [4.69, 9.17) is 4.74 Å². The normalized spacial score (nSPS) is 10.1. The number of esters is 1. The number of ether oxygens (including phenoxy) is 1. The van der Waals surface area contributed by atoms with Crippen LogP contribution in [0.25, 0.3) is 0 Å². The smallest absolute Gasteiger partial charge is 0.325 e. The van der Waals surface area contributed by atoms with Gasteiger partial charge < -0.3 is 9.64 Å². The van der Waals surface area contributed by atoms with E-state index < -0.39 is 0 Å². The first-order valence-corrected chi connectivity index (χ1v) is 6.55. The highest BCUT2D eigenvalue weighted by atomic mass is 16.5. The van der Waals surface area contributed by atoms with Crippen LogP contribution in [-0.2, 0) is 20.7 Å². The Hall–Kier alpha value is -1.84. The molecule has 1 amide bonds. The van der Waals surface area contributed by atoms with Crippen molar-refractivity contribution in [2.24, 2.45) is 0 Å². The molecule has 0 N–H and O–H groups in total. The fourth-order valence-corrected chi connectivity index (χ4v) is 1.85. The molecule has 0 aliphatic heterocycles. The van der Waals surface area contributed by atoms with E-state index in [2.05, 4.69) is 0 Å². The first kappa shape index (κ1) is 15.2. The molecule has 1 aromatic rings. The van der Waals surface area contributed by atoms with Crippen molar-refractivity contribution in [3.8, 4) is 0 Å². The molecule has 0 aliphatic rings. The number of nitrogens with zero attached hydrogens (tertiary/aromatic N) is 1. The molecule has 1 rings (SSSR count). The van der Waals surface area contributed by atoms with E-state index in [1.54, 1.807) is 6.92 Å². The number of hydrogen-bond donors (Lipinski definition) is 0. The number of amides is 1. The number of hydrogen-bond acceptors (Lipinski definition) is 3. The van der Waals surface area contributed by atoms with Crippen molar-refractivity contribution in [2.75, 3.05) is 19.7 Å². The predicted molar refractivity (Wildman–Crippen MR) is 73.8 cm³/mol. The number of benzene rings is 1. The van der Waals surface area contributed by atoms with Gasteiger partial charge in [-0.25, -0.2) is 0 Å². The molecule has 0 saturated carbocycles. The van der Waals surface area contributed by atoms with Gasteiger partial charge in [0.1, 0.15) is 6.54 Å². The monoisotopic (exact) mass is 263 g/mol. The quantitative estimate of drug-likeness (QED) is 0.737. The SMILES string of the molecule is CCOC(=O)CN(CC)C(=O)Cc1cccc(C)c1. The third kappa shape index (κ3) is 5.12. The van der Waals surface area contributed by atoms with Gasteiger partial charge in [-0.15, -0.1) is 0 Å². The molecule has 0 heterocycles. The summed E-state index contributed by atoms with van der Waals surface area (Å²) in [7, 11) is 0. The maximum absolute atomic E-state index is 12.1. The van der Waals surface area contributed by atoms with Gasteiger partial charge in [-0.2, -0.15) is 0 Å². The molecule has 0 atom stereocenters. The van der Waals surface area contributed by atoms with Gasteiger partial charge in [0.2, 0.25) is 5.91 Å². The second-order valence-electron chi connectivity index (χ2n) is 4.38. The highest BCUT2D eigenvalue weighted by Gasteiger charge is 2.16. The Labute approximate surface area is 114 Å². The molecule has 0 aliphatic carbocycles. The summed E-state index contributed by atoms with van der Waals surface area (Å²) in [6, 6.07) is 7.82. The van der Waals surface area contributed by atoms with Crippen LogP contribution in [0.1, 0.15) is 25.0 Å². The summed E-state index contributed by atoms with van der Waals surface area (Å²) < 4.78 is 4.86. The molecule has 0 aromatic heterocycles. The van der Waals surface area contributed by atoms with E-state index in [0.717, 1.165) is 11.1 Å². The lowest BCUT2D eigenvalue weighted by Gasteiger charge is -2.19. The summed E-state index contributed by atoms with van der Waals surface area (Å²) in [6.07, 6.45) is 0.314. The van der Waals surface area contributed by atoms with Gasteiger partial charge >= 0.3 is 5.97 Å². The van der Waals surface area contributed by atoms with Crippen LogP contribution >= 0.6 is 0 Å². The van der Waals surface area contributed by atoms with Crippen LogP contribution in [0, 0.1) is 6.92 Å². The zero-order valence-electron chi connectivity index (χ0n) is 11.8. The van der Waals surface area contributed by atoms with Gasteiger partial charge in [0.15, 0.2) is 0 Å². The predicted octanol–water partition coefficient (Wildman–Crippen LogP) is 1.95. The summed E-state index contributed by atoms with van der Waals surface area (Å²) in [5.74, 6) is -0.414. The number of carbonyl (C=O) groups excluding carboxylic acids is 2. The van der Waals surface area contributed by atoms with Crippen LogP contribution in [0.5, 0.6) is 0 Å². The van der Waals surface area contributed by atoms with Crippen LogP contribution < -0.4 is 0 Å². The van der Waals surface area contributed by atoms with Crippen molar-refractivity contribution in [2.45, 2.75) is 27.2 Å². The van der Waals surface area contributed by atoms with Crippen LogP contribution in [0.2, 0.25) is 0 Å². The standard InChI is InChI=1S/C15H21NO3/c1-4-16(11-15(18)19-5-2)14(17)10-13-8-6-7-12(3)9-13/h6-9H,4-5,10-11H2,1-3H3. The minimum atomic E-state index is -0.359. The number of aryl methyl sites for hydroxylation is 1. The molecule has 0 fully saturated rings. The zero-order valence-corrected chi connectivity index (χ0v) is 11.8. The van der Waals surface area contributed by atoms with E-state index in [9.17, 15) is 9.59 Å². The third-order valence-corrected chi connectivity index (χ3v) is 2.80. The third-order valence-electron chi connectivity index (χ3n) is 2.80. The van der Waals surface area contributed by atoms with Crippen LogP contribution in [0.3, 0.4) is 0 Å². The first-order chi connectivity index (χ1) is 9.06. The summed E-state index contributed by atoms with van der Waals surface area (Å²) in [4.78, 5) is 25.0. The van der Waals surface area contributed by atoms with Gasteiger partial charge in [0.25, 0.3) is 0 Å². The van der Waals surface area contributed by atoms with Crippen molar-refractivity contribution >= 4 is 11.9 Å². The highest BCUT2D eigenvalue weighted by molar-refractivity contribution is 5.83. The lowest BCUT2D eigenvalue weighted by molar-refractivity contribution is -0.148. The van der Waals surface area contributed by atoms with Gasteiger partial charge in [-0.05, 0) is 26.3 Å². The topological polar surface area (TPSA) is 46.6 Å². The van der Waals surface area contributed by atoms with E-state index >= 15 is 0 Å². The molecular formula is C15H21NO3. The second kappa shape index (κ2) is 7.56. The van der Waals surface area contributed by atoms with E-state index in [1.807, 2.05) is 38.1 Å². The minimum absolute atomic E-state index is 0.0228. The fraction of sp³-hybridized carbons (Fsp3) is 0.467. The Kier molecular flexibility index (Phi) is 6.06. The van der Waals surface area contributed by atoms with Crippen molar-refractivity contribution in [3.63, 3.8) is 0 Å². The van der Waals surface area contributed by atoms with Crippen molar-refractivity contribution in [1.29, 1.82) is 0 Å². The van der Waals surface area contributed by atoms with E-state index in [1.165, 1.54) is 4.90 Å². The summed E-state index contributed by atoms with van der Waals surface area (Å²) in [5.41, 5.74) is 2.09. The molecule has 104 valence electrons. The average molecular weight is 263 g/mol. The molecule has 4 heteroatoms. The van der Waals surface area contributed by atoms with Crippen LogP contribution in [-0.4, -0.2) is 36.5 Å². The molecule has 0 saturated heterocycles. The largest absolute Gasteiger partial charge is 0.465 e. The van der Waals surface area contributed by atoms with Gasteiger partial charge in [-0.1, -0.05) is 29.8 Å². The molecule has 4 nitrogen and oxygen atoms in total. The Morgan fingerprint density at radius 2 is 2.00 bits per heavy atom. The molecule has 1 aromatic carbocycles. The Balaban J connectivity index is 2.61. The molecule has 0 spiro atoms. The maximum Gasteiger partial charge on any atom is 0.325 e. The number of carbonyl (C=O) groups is 2. The Morgan fingerprint density at radius 3 is 2.58 bits per heavy atom. The second-order valence-corrected chi connectivity index (χ2v) is 4.38. The summed E-state index contributed by atoms with van der Waals surface area (Å²) in [5, 5.41) is 0.